The van der Waals surface area contributed by atoms with Crippen LogP contribution in [0.2, 0.25) is 0 Å². The number of nitro benzene ring substituents is 1. The van der Waals surface area contributed by atoms with Gasteiger partial charge in [-0.15, -0.1) is 0 Å². The van der Waals surface area contributed by atoms with Gasteiger partial charge >= 0.3 is 0 Å². The van der Waals surface area contributed by atoms with E-state index in [0.29, 0.717) is 0 Å². The molecule has 6 nitrogen and oxygen atoms in total. The molecule has 0 radical (unpaired) electrons. The molecule has 0 aliphatic rings. The lowest BCUT2D eigenvalue weighted by Gasteiger charge is -2.18. The molecule has 0 spiro atoms. The summed E-state index contributed by atoms with van der Waals surface area (Å²) in [6.45, 7) is 5.39. The van der Waals surface area contributed by atoms with Crippen molar-refractivity contribution < 1.29 is 14.1 Å². The van der Waals surface area contributed by atoms with E-state index in [9.17, 15) is 19.3 Å². The second-order valence-corrected chi connectivity index (χ2v) is 4.60. The van der Waals surface area contributed by atoms with Gasteiger partial charge in [0.15, 0.2) is 0 Å². The van der Waals surface area contributed by atoms with Gasteiger partial charge in [-0.2, -0.15) is 0 Å². The van der Waals surface area contributed by atoms with Crippen LogP contribution in [0, 0.1) is 15.9 Å². The number of nitrogens with zero attached hydrogens (tertiary/aromatic N) is 1. The zero-order valence-corrected chi connectivity index (χ0v) is 11.6. The minimum Gasteiger partial charge on any atom is -0.368 e. The normalized spacial score (nSPS) is 13.4. The Morgan fingerprint density at radius 1 is 1.45 bits per heavy atom. The number of halogens is 1. The number of nitro groups is 1. The van der Waals surface area contributed by atoms with E-state index in [4.69, 9.17) is 0 Å². The van der Waals surface area contributed by atoms with Crippen LogP contribution in [0.1, 0.15) is 27.2 Å². The monoisotopic (exact) mass is 283 g/mol. The first kappa shape index (κ1) is 15.9. The molecule has 0 heterocycles. The highest BCUT2D eigenvalue weighted by atomic mass is 19.1. The average molecular weight is 283 g/mol. The Balaban J connectivity index is 2.82. The molecule has 2 N–H and O–H groups in total. The number of amides is 1. The second kappa shape index (κ2) is 6.83. The summed E-state index contributed by atoms with van der Waals surface area (Å²) in [4.78, 5) is 22.0. The molecular formula is C13H18FN3O3. The van der Waals surface area contributed by atoms with E-state index in [1.165, 1.54) is 6.07 Å². The maximum absolute atomic E-state index is 13.0. The molecule has 0 saturated carbocycles. The van der Waals surface area contributed by atoms with Gasteiger partial charge in [-0.1, -0.05) is 6.92 Å². The van der Waals surface area contributed by atoms with E-state index in [1.807, 2.05) is 13.8 Å². The summed E-state index contributed by atoms with van der Waals surface area (Å²) >= 11 is 0. The van der Waals surface area contributed by atoms with Crippen LogP contribution >= 0.6 is 0 Å². The van der Waals surface area contributed by atoms with Gasteiger partial charge < -0.3 is 10.6 Å². The van der Waals surface area contributed by atoms with Crippen molar-refractivity contribution in [1.29, 1.82) is 0 Å². The third kappa shape index (κ3) is 4.18. The van der Waals surface area contributed by atoms with Gasteiger partial charge in [0.2, 0.25) is 5.91 Å². The van der Waals surface area contributed by atoms with Crippen molar-refractivity contribution in [1.82, 2.24) is 5.32 Å². The summed E-state index contributed by atoms with van der Waals surface area (Å²) in [5, 5.41) is 16.3. The third-order valence-electron chi connectivity index (χ3n) is 2.92. The van der Waals surface area contributed by atoms with E-state index in [0.717, 1.165) is 18.6 Å². The third-order valence-corrected chi connectivity index (χ3v) is 2.92. The molecule has 1 aromatic rings. The van der Waals surface area contributed by atoms with E-state index in [2.05, 4.69) is 10.6 Å². The van der Waals surface area contributed by atoms with Crippen LogP contribution in [0.4, 0.5) is 15.8 Å². The van der Waals surface area contributed by atoms with Gasteiger partial charge in [0.25, 0.3) is 5.69 Å². The maximum atomic E-state index is 13.0. The molecule has 1 aromatic carbocycles. The first-order valence-corrected chi connectivity index (χ1v) is 6.36. The number of carbonyl (C=O) groups is 1. The maximum Gasteiger partial charge on any atom is 0.295 e. The largest absolute Gasteiger partial charge is 0.368 e. The van der Waals surface area contributed by atoms with Gasteiger partial charge in [-0.25, -0.2) is 4.39 Å². The summed E-state index contributed by atoms with van der Waals surface area (Å²) < 4.78 is 13.0. The lowest BCUT2D eigenvalue weighted by Crippen LogP contribution is -2.41. The van der Waals surface area contributed by atoms with E-state index < -0.39 is 22.5 Å². The second-order valence-electron chi connectivity index (χ2n) is 4.60. The summed E-state index contributed by atoms with van der Waals surface area (Å²) in [5.41, 5.74) is -0.281. The SMILES string of the molecule is CCC(C)NC(=O)C(C)Nc1ccc(F)cc1[N+](=O)[O-]. The molecule has 0 aromatic heterocycles. The summed E-state index contributed by atoms with van der Waals surface area (Å²) in [6.07, 6.45) is 0.787. The number of rotatable bonds is 6. The fourth-order valence-electron chi connectivity index (χ4n) is 1.55. The molecule has 110 valence electrons. The Kier molecular flexibility index (Phi) is 5.42. The molecule has 1 amide bonds. The quantitative estimate of drug-likeness (QED) is 0.620. The van der Waals surface area contributed by atoms with Crippen molar-refractivity contribution >= 4 is 17.3 Å². The number of carbonyl (C=O) groups excluding carboxylic acids is 1. The van der Waals surface area contributed by atoms with E-state index in [1.54, 1.807) is 6.92 Å². The van der Waals surface area contributed by atoms with Gasteiger partial charge in [0.05, 0.1) is 11.0 Å². The smallest absolute Gasteiger partial charge is 0.295 e. The van der Waals surface area contributed by atoms with Gasteiger partial charge in [-0.05, 0) is 32.4 Å². The summed E-state index contributed by atoms with van der Waals surface area (Å²) in [6, 6.07) is 2.54. The molecule has 0 fully saturated rings. The standard InChI is InChI=1S/C13H18FN3O3/c1-4-8(2)15-13(18)9(3)16-11-6-5-10(14)7-12(11)17(19)20/h5-9,16H,4H2,1-3H3,(H,15,18). The predicted molar refractivity (Wildman–Crippen MR) is 74.0 cm³/mol. The van der Waals surface area contributed by atoms with Crippen LogP contribution in [0.15, 0.2) is 18.2 Å². The zero-order chi connectivity index (χ0) is 15.3. The van der Waals surface area contributed by atoms with Crippen molar-refractivity contribution in [2.45, 2.75) is 39.3 Å². The van der Waals surface area contributed by atoms with E-state index >= 15 is 0 Å². The Hall–Kier alpha value is -2.18. The van der Waals surface area contributed by atoms with Crippen LogP contribution in [0.3, 0.4) is 0 Å². The molecule has 20 heavy (non-hydrogen) atoms. The molecule has 7 heteroatoms. The highest BCUT2D eigenvalue weighted by Crippen LogP contribution is 2.25. The molecule has 2 unspecified atom stereocenters. The van der Waals surface area contributed by atoms with Crippen molar-refractivity contribution in [3.05, 3.63) is 34.1 Å². The number of benzene rings is 1. The zero-order valence-electron chi connectivity index (χ0n) is 11.6. The summed E-state index contributed by atoms with van der Waals surface area (Å²) in [7, 11) is 0. The minimum atomic E-state index is -0.695. The Labute approximate surface area is 116 Å². The Morgan fingerprint density at radius 2 is 2.10 bits per heavy atom. The lowest BCUT2D eigenvalue weighted by atomic mass is 10.2. The lowest BCUT2D eigenvalue weighted by molar-refractivity contribution is -0.384. The number of hydrogen-bond donors (Lipinski definition) is 2. The van der Waals surface area contributed by atoms with Crippen molar-refractivity contribution in [3.8, 4) is 0 Å². The molecule has 0 aliphatic heterocycles. The van der Waals surface area contributed by atoms with Crippen LogP contribution < -0.4 is 10.6 Å². The molecular weight excluding hydrogens is 265 g/mol. The van der Waals surface area contributed by atoms with Crippen LogP contribution in [-0.4, -0.2) is 22.9 Å². The van der Waals surface area contributed by atoms with Crippen molar-refractivity contribution in [2.24, 2.45) is 0 Å². The minimum absolute atomic E-state index is 0.0231. The fourth-order valence-corrected chi connectivity index (χ4v) is 1.55. The van der Waals surface area contributed by atoms with E-state index in [-0.39, 0.29) is 17.6 Å². The first-order valence-electron chi connectivity index (χ1n) is 6.36. The summed E-state index contributed by atoms with van der Waals surface area (Å²) in [5.74, 6) is -0.961. The molecule has 0 bridgehead atoms. The topological polar surface area (TPSA) is 84.3 Å². The molecule has 1 rings (SSSR count). The Bertz CT molecular complexity index is 508. The number of anilines is 1. The van der Waals surface area contributed by atoms with Crippen molar-refractivity contribution in [2.75, 3.05) is 5.32 Å². The highest BCUT2D eigenvalue weighted by Gasteiger charge is 2.20. The average Bonchev–Trinajstić information content (AvgIpc) is 2.40. The number of hydrogen-bond acceptors (Lipinski definition) is 4. The number of nitrogens with one attached hydrogen (secondary N) is 2. The van der Waals surface area contributed by atoms with Crippen molar-refractivity contribution in [3.63, 3.8) is 0 Å². The van der Waals surface area contributed by atoms with Crippen LogP contribution in [0.25, 0.3) is 0 Å². The fraction of sp³-hybridized carbons (Fsp3) is 0.462. The van der Waals surface area contributed by atoms with Gasteiger partial charge in [0, 0.05) is 6.04 Å². The molecule has 0 saturated heterocycles. The highest BCUT2D eigenvalue weighted by molar-refractivity contribution is 5.85. The first-order chi connectivity index (χ1) is 9.35. The Morgan fingerprint density at radius 3 is 2.65 bits per heavy atom. The molecule has 2 atom stereocenters. The molecule has 0 aliphatic carbocycles. The predicted octanol–water partition coefficient (Wildman–Crippen LogP) is 2.45. The van der Waals surface area contributed by atoms with Crippen LogP contribution in [-0.2, 0) is 4.79 Å². The van der Waals surface area contributed by atoms with Crippen LogP contribution in [0.5, 0.6) is 0 Å². The van der Waals surface area contributed by atoms with Gasteiger partial charge in [-0.3, -0.25) is 14.9 Å². The van der Waals surface area contributed by atoms with Gasteiger partial charge in [0.1, 0.15) is 17.5 Å².